The molecule has 10 heteroatoms. The van der Waals surface area contributed by atoms with Crippen LogP contribution < -0.4 is 10.1 Å². The number of hydrogen-bond donors (Lipinski definition) is 1. The van der Waals surface area contributed by atoms with Gasteiger partial charge in [0.05, 0.1) is 0 Å². The van der Waals surface area contributed by atoms with Gasteiger partial charge < -0.3 is 28.9 Å². The summed E-state index contributed by atoms with van der Waals surface area (Å²) in [6.45, 7) is 23.9. The number of benzene rings is 1. The molecule has 1 aromatic carbocycles. The van der Waals surface area contributed by atoms with Gasteiger partial charge in [-0.2, -0.15) is 0 Å². The van der Waals surface area contributed by atoms with E-state index in [1.165, 1.54) is 0 Å². The van der Waals surface area contributed by atoms with E-state index in [-0.39, 0.29) is 17.7 Å². The first-order valence-electron chi connectivity index (χ1n) is 14.4. The highest BCUT2D eigenvalue weighted by atomic mass is 28.4. The minimum Gasteiger partial charge on any atom is -0.490 e. The third-order valence-electron chi connectivity index (χ3n) is 7.19. The molecule has 1 fully saturated rings. The van der Waals surface area contributed by atoms with Gasteiger partial charge in [0.2, 0.25) is 0 Å². The highest BCUT2D eigenvalue weighted by molar-refractivity contribution is 6.74. The molecule has 0 radical (unpaired) electrons. The number of fused-ring (bicyclic) bond motifs is 1. The van der Waals surface area contributed by atoms with Crippen molar-refractivity contribution in [3.63, 3.8) is 0 Å². The minimum atomic E-state index is -2.25. The van der Waals surface area contributed by atoms with Crippen LogP contribution in [0.5, 0.6) is 5.75 Å². The van der Waals surface area contributed by atoms with Crippen molar-refractivity contribution < 1.29 is 28.2 Å². The lowest BCUT2D eigenvalue weighted by molar-refractivity contribution is -0.165. The average Bonchev–Trinajstić information content (AvgIpc) is 2.77. The first-order chi connectivity index (χ1) is 18.7. The number of hydrogen-bond acceptors (Lipinski definition) is 8. The summed E-state index contributed by atoms with van der Waals surface area (Å²) in [7, 11) is -2.25. The van der Waals surface area contributed by atoms with Gasteiger partial charge in [-0.15, -0.1) is 0 Å². The van der Waals surface area contributed by atoms with Gasteiger partial charge >= 0.3 is 12.1 Å². The zero-order valence-corrected chi connectivity index (χ0v) is 27.7. The van der Waals surface area contributed by atoms with E-state index in [1.807, 2.05) is 65.8 Å². The van der Waals surface area contributed by atoms with Gasteiger partial charge in [0, 0.05) is 37.1 Å². The minimum absolute atomic E-state index is 0.0572. The Kier molecular flexibility index (Phi) is 9.70. The fourth-order valence-electron chi connectivity index (χ4n) is 3.95. The van der Waals surface area contributed by atoms with Gasteiger partial charge in [-0.3, -0.25) is 0 Å². The zero-order chi connectivity index (χ0) is 30.8. The van der Waals surface area contributed by atoms with Gasteiger partial charge in [0.25, 0.3) is 0 Å². The van der Waals surface area contributed by atoms with Crippen LogP contribution >= 0.6 is 0 Å². The maximum atomic E-state index is 13.0. The molecular formula is C31H49N3O6Si. The van der Waals surface area contributed by atoms with E-state index in [9.17, 15) is 9.59 Å². The van der Waals surface area contributed by atoms with Crippen molar-refractivity contribution >= 4 is 37.0 Å². The Hall–Kier alpha value is -2.85. The van der Waals surface area contributed by atoms with Gasteiger partial charge in [-0.25, -0.2) is 14.6 Å². The fourth-order valence-corrected chi connectivity index (χ4v) is 5.18. The van der Waals surface area contributed by atoms with Gasteiger partial charge in [-0.1, -0.05) is 26.8 Å². The second-order valence-corrected chi connectivity index (χ2v) is 19.2. The molecule has 1 aliphatic rings. The second-order valence-electron chi connectivity index (χ2n) is 14.4. The van der Waals surface area contributed by atoms with E-state index in [2.05, 4.69) is 44.2 Å². The van der Waals surface area contributed by atoms with Crippen LogP contribution in [-0.4, -0.2) is 73.8 Å². The molecule has 1 atom stereocenters. The maximum absolute atomic E-state index is 13.0. The van der Waals surface area contributed by atoms with Crippen molar-refractivity contribution in [3.05, 3.63) is 30.5 Å². The highest BCUT2D eigenvalue weighted by Crippen LogP contribution is 2.37. The van der Waals surface area contributed by atoms with Crippen molar-refractivity contribution in [2.75, 3.05) is 31.6 Å². The number of likely N-dealkylation sites (tertiary alicyclic amines) is 1. The number of carbonyl (C=O) groups is 2. The number of ether oxygens (including phenoxy) is 3. The average molecular weight is 588 g/mol. The molecule has 1 amide bonds. The number of anilines is 1. The first kappa shape index (κ1) is 32.7. The number of rotatable bonds is 9. The van der Waals surface area contributed by atoms with Crippen molar-refractivity contribution in [2.24, 2.45) is 5.92 Å². The molecule has 228 valence electrons. The number of carbonyl (C=O) groups excluding carboxylic acids is 2. The number of amides is 1. The monoisotopic (exact) mass is 587 g/mol. The second kappa shape index (κ2) is 12.2. The van der Waals surface area contributed by atoms with Crippen LogP contribution in [0.25, 0.3) is 10.8 Å². The molecule has 41 heavy (non-hydrogen) atoms. The summed E-state index contributed by atoms with van der Waals surface area (Å²) in [4.78, 5) is 31.4. The molecule has 0 saturated carbocycles. The molecule has 0 unspecified atom stereocenters. The molecule has 1 aromatic heterocycles. The summed E-state index contributed by atoms with van der Waals surface area (Å²) in [5.74, 6) is 1.34. The van der Waals surface area contributed by atoms with Gasteiger partial charge in [0.15, 0.2) is 14.4 Å². The molecule has 0 bridgehead atoms. The predicted octanol–water partition coefficient (Wildman–Crippen LogP) is 6.62. The van der Waals surface area contributed by atoms with Gasteiger partial charge in [0.1, 0.15) is 29.4 Å². The lowest BCUT2D eigenvalue weighted by Crippen LogP contribution is -2.53. The Morgan fingerprint density at radius 2 is 1.61 bits per heavy atom. The Bertz CT molecular complexity index is 1220. The first-order valence-corrected chi connectivity index (χ1v) is 17.3. The summed E-state index contributed by atoms with van der Waals surface area (Å²) in [5, 5.41) is 5.25. The van der Waals surface area contributed by atoms with Crippen LogP contribution in [-0.2, 0) is 18.7 Å². The number of pyridine rings is 1. The fraction of sp³-hybridized carbons (Fsp3) is 0.645. The molecule has 0 spiro atoms. The van der Waals surface area contributed by atoms with Crippen LogP contribution in [0, 0.1) is 5.92 Å². The standard InChI is InChI=1S/C31H49N3O6Si/c1-29(2,3)38-27(35)25(40-41(10,11)31(7,8)9)20-37-24-13-12-22-15-26(33-17-23(22)14-24)32-16-21-18-34(19-21)28(36)39-30(4,5)6/h12-15,17,21,25H,16,18-20H2,1-11H3,(H,32,33)/t25-/m1/s1. The van der Waals surface area contributed by atoms with E-state index < -0.39 is 31.6 Å². The highest BCUT2D eigenvalue weighted by Gasteiger charge is 2.42. The number of esters is 1. The Balaban J connectivity index is 1.59. The molecular weight excluding hydrogens is 538 g/mol. The number of nitrogens with zero attached hydrogens (tertiary/aromatic N) is 2. The predicted molar refractivity (Wildman–Crippen MR) is 165 cm³/mol. The molecule has 2 aromatic rings. The molecule has 1 saturated heterocycles. The lowest BCUT2D eigenvalue weighted by Gasteiger charge is -2.39. The van der Waals surface area contributed by atoms with Crippen LogP contribution in [0.3, 0.4) is 0 Å². The summed E-state index contributed by atoms with van der Waals surface area (Å²) < 4.78 is 23.6. The van der Waals surface area contributed by atoms with Crippen molar-refractivity contribution in [3.8, 4) is 5.75 Å². The molecule has 1 aliphatic heterocycles. The summed E-state index contributed by atoms with van der Waals surface area (Å²) >= 11 is 0. The smallest absolute Gasteiger partial charge is 0.410 e. The number of aromatic nitrogens is 1. The van der Waals surface area contributed by atoms with Crippen molar-refractivity contribution in [1.29, 1.82) is 0 Å². The quantitative estimate of drug-likeness (QED) is 0.258. The van der Waals surface area contributed by atoms with E-state index in [4.69, 9.17) is 18.6 Å². The Morgan fingerprint density at radius 3 is 2.20 bits per heavy atom. The summed E-state index contributed by atoms with van der Waals surface area (Å²) in [5.41, 5.74) is -1.11. The molecule has 3 rings (SSSR count). The van der Waals surface area contributed by atoms with Crippen molar-refractivity contribution in [2.45, 2.75) is 97.8 Å². The lowest BCUT2D eigenvalue weighted by atomic mass is 10.0. The molecule has 0 aliphatic carbocycles. The molecule has 2 heterocycles. The largest absolute Gasteiger partial charge is 0.490 e. The Labute approximate surface area is 246 Å². The SMILES string of the molecule is CC(C)(C)OC(=O)[C@@H](COc1ccc2cc(NCC3CN(C(=O)OC(C)(C)C)C3)ncc2c1)O[Si](C)(C)C(C)(C)C. The van der Waals surface area contributed by atoms with E-state index in [0.29, 0.717) is 24.8 Å². The van der Waals surface area contributed by atoms with E-state index in [0.717, 1.165) is 23.1 Å². The third kappa shape index (κ3) is 9.60. The summed E-state index contributed by atoms with van der Waals surface area (Å²) in [6.07, 6.45) is 0.711. The summed E-state index contributed by atoms with van der Waals surface area (Å²) in [6, 6.07) is 7.76. The maximum Gasteiger partial charge on any atom is 0.410 e. The molecule has 9 nitrogen and oxygen atoms in total. The zero-order valence-electron chi connectivity index (χ0n) is 26.7. The van der Waals surface area contributed by atoms with Crippen LogP contribution in [0.15, 0.2) is 30.5 Å². The van der Waals surface area contributed by atoms with Crippen molar-refractivity contribution in [1.82, 2.24) is 9.88 Å². The van der Waals surface area contributed by atoms with Crippen LogP contribution in [0.1, 0.15) is 62.3 Å². The van der Waals surface area contributed by atoms with Crippen LogP contribution in [0.4, 0.5) is 10.6 Å². The van der Waals surface area contributed by atoms with Gasteiger partial charge in [-0.05, 0) is 83.3 Å². The van der Waals surface area contributed by atoms with Crippen LogP contribution in [0.2, 0.25) is 18.1 Å². The van der Waals surface area contributed by atoms with E-state index >= 15 is 0 Å². The topological polar surface area (TPSA) is 99.2 Å². The number of nitrogens with one attached hydrogen (secondary N) is 1. The normalized spacial score (nSPS) is 15.7. The van der Waals surface area contributed by atoms with E-state index in [1.54, 1.807) is 11.1 Å². The third-order valence-corrected chi connectivity index (χ3v) is 11.7. The Morgan fingerprint density at radius 1 is 0.976 bits per heavy atom. The molecule has 1 N–H and O–H groups in total.